The number of amides is 1. The first kappa shape index (κ1) is 25.1. The van der Waals surface area contributed by atoms with Gasteiger partial charge in [0.15, 0.2) is 9.84 Å². The Morgan fingerprint density at radius 2 is 1.57 bits per heavy atom. The van der Waals surface area contributed by atoms with Gasteiger partial charge in [-0.1, -0.05) is 67.6 Å². The van der Waals surface area contributed by atoms with Gasteiger partial charge in [0, 0.05) is 49.9 Å². The molecular weight excluding hydrogens is 482 g/mol. The van der Waals surface area contributed by atoms with Crippen molar-refractivity contribution >= 4 is 26.6 Å². The van der Waals surface area contributed by atoms with Gasteiger partial charge in [-0.15, -0.1) is 0 Å². The highest BCUT2D eigenvalue weighted by atomic mass is 32.2. The molecule has 3 aromatic carbocycles. The smallest absolute Gasteiger partial charge is 0.253 e. The van der Waals surface area contributed by atoms with Gasteiger partial charge in [0.1, 0.15) is 0 Å². The second-order valence-electron chi connectivity index (χ2n) is 9.69. The monoisotopic (exact) mass is 513 g/mol. The third kappa shape index (κ3) is 5.73. The predicted molar refractivity (Wildman–Crippen MR) is 146 cm³/mol. The van der Waals surface area contributed by atoms with Crippen LogP contribution in [0.1, 0.15) is 34.3 Å². The van der Waals surface area contributed by atoms with E-state index in [1.807, 2.05) is 23.1 Å². The van der Waals surface area contributed by atoms with Gasteiger partial charge in [-0.3, -0.25) is 14.7 Å². The number of carbonyl (C=O) groups excluding carboxylic acids is 1. The van der Waals surface area contributed by atoms with Crippen LogP contribution in [-0.4, -0.2) is 61.8 Å². The summed E-state index contributed by atoms with van der Waals surface area (Å²) in [6, 6.07) is 26.3. The number of rotatable bonds is 7. The molecule has 1 atom stereocenters. The first-order valence-corrected chi connectivity index (χ1v) is 14.3. The van der Waals surface area contributed by atoms with Gasteiger partial charge >= 0.3 is 0 Å². The summed E-state index contributed by atoms with van der Waals surface area (Å²) < 4.78 is 26.3. The summed E-state index contributed by atoms with van der Waals surface area (Å²) in [5.41, 5.74) is 3.04. The van der Waals surface area contributed by atoms with Gasteiger partial charge in [0.25, 0.3) is 5.91 Å². The van der Waals surface area contributed by atoms with Crippen molar-refractivity contribution in [3.8, 4) is 0 Å². The van der Waals surface area contributed by atoms with E-state index in [1.165, 1.54) is 5.56 Å². The Morgan fingerprint density at radius 3 is 2.30 bits per heavy atom. The second kappa shape index (κ2) is 10.8. The van der Waals surface area contributed by atoms with Gasteiger partial charge < -0.3 is 4.90 Å². The first-order chi connectivity index (χ1) is 17.9. The number of pyridine rings is 1. The Labute approximate surface area is 218 Å². The molecule has 7 heteroatoms. The van der Waals surface area contributed by atoms with Crippen molar-refractivity contribution in [2.24, 2.45) is 0 Å². The van der Waals surface area contributed by atoms with Crippen LogP contribution in [0.5, 0.6) is 0 Å². The average molecular weight is 514 g/mol. The molecule has 0 aliphatic carbocycles. The molecule has 4 aromatic rings. The lowest BCUT2D eigenvalue weighted by Gasteiger charge is -2.36. The van der Waals surface area contributed by atoms with Crippen LogP contribution in [0, 0.1) is 0 Å². The standard InChI is InChI=1S/C30H31N3O3S/c1-23(25-7-3-2-4-8-25)21-32-17-19-33(20-18-32)30(34)27-14-12-24(13-15-27)22-37(35,36)28-11-5-9-26-10-6-16-31-29(26)28/h2-16,23H,17-22H2,1H3. The van der Waals surface area contributed by atoms with E-state index < -0.39 is 9.84 Å². The molecular formula is C30H31N3O3S. The number of sulfone groups is 1. The van der Waals surface area contributed by atoms with E-state index in [1.54, 1.807) is 48.7 Å². The van der Waals surface area contributed by atoms with Gasteiger partial charge in [-0.25, -0.2) is 8.42 Å². The van der Waals surface area contributed by atoms with Crippen LogP contribution in [0.25, 0.3) is 10.9 Å². The summed E-state index contributed by atoms with van der Waals surface area (Å²) in [6.45, 7) is 6.28. The van der Waals surface area contributed by atoms with E-state index in [0.29, 0.717) is 35.7 Å². The summed E-state index contributed by atoms with van der Waals surface area (Å²) in [4.78, 5) is 21.9. The van der Waals surface area contributed by atoms with E-state index >= 15 is 0 Å². The van der Waals surface area contributed by atoms with Crippen LogP contribution in [0.3, 0.4) is 0 Å². The molecule has 0 radical (unpaired) electrons. The molecule has 5 rings (SSSR count). The highest BCUT2D eigenvalue weighted by molar-refractivity contribution is 7.90. The van der Waals surface area contributed by atoms with Crippen LogP contribution >= 0.6 is 0 Å². The molecule has 0 spiro atoms. The van der Waals surface area contributed by atoms with Crippen molar-refractivity contribution in [1.29, 1.82) is 0 Å². The number of nitrogens with zero attached hydrogens (tertiary/aromatic N) is 3. The molecule has 1 fully saturated rings. The zero-order valence-electron chi connectivity index (χ0n) is 21.0. The minimum Gasteiger partial charge on any atom is -0.336 e. The maximum atomic E-state index is 13.2. The lowest BCUT2D eigenvalue weighted by Crippen LogP contribution is -2.49. The van der Waals surface area contributed by atoms with Crippen LogP contribution in [-0.2, 0) is 15.6 Å². The fraction of sp³-hybridized carbons (Fsp3) is 0.267. The van der Waals surface area contributed by atoms with Crippen molar-refractivity contribution in [3.63, 3.8) is 0 Å². The number of hydrogen-bond donors (Lipinski definition) is 0. The van der Waals surface area contributed by atoms with Crippen molar-refractivity contribution in [1.82, 2.24) is 14.8 Å². The number of para-hydroxylation sites is 1. The molecule has 2 heterocycles. The summed E-state index contributed by atoms with van der Waals surface area (Å²) in [6.07, 6.45) is 1.60. The fourth-order valence-corrected chi connectivity index (χ4v) is 6.50. The zero-order valence-corrected chi connectivity index (χ0v) is 21.8. The summed E-state index contributed by atoms with van der Waals surface area (Å²) in [7, 11) is -3.59. The van der Waals surface area contributed by atoms with Gasteiger partial charge in [-0.2, -0.15) is 0 Å². The highest BCUT2D eigenvalue weighted by Gasteiger charge is 2.24. The predicted octanol–water partition coefficient (Wildman–Crippen LogP) is 4.77. The number of fused-ring (bicyclic) bond motifs is 1. The number of piperazine rings is 1. The molecule has 1 aliphatic heterocycles. The topological polar surface area (TPSA) is 70.6 Å². The molecule has 1 unspecified atom stereocenters. The third-order valence-corrected chi connectivity index (χ3v) is 8.76. The Hall–Kier alpha value is -3.55. The summed E-state index contributed by atoms with van der Waals surface area (Å²) >= 11 is 0. The summed E-state index contributed by atoms with van der Waals surface area (Å²) in [5.74, 6) is 0.287. The molecule has 1 saturated heterocycles. The molecule has 1 amide bonds. The number of benzene rings is 3. The van der Waals surface area contributed by atoms with Crippen LogP contribution in [0.2, 0.25) is 0 Å². The quantitative estimate of drug-likeness (QED) is 0.356. The average Bonchev–Trinajstić information content (AvgIpc) is 2.93. The normalized spacial score (nSPS) is 15.5. The van der Waals surface area contributed by atoms with Gasteiger partial charge in [-0.05, 0) is 41.3 Å². The third-order valence-electron chi connectivity index (χ3n) is 7.05. The maximum absolute atomic E-state index is 13.2. The van der Waals surface area contributed by atoms with E-state index in [0.717, 1.165) is 25.0 Å². The van der Waals surface area contributed by atoms with Crippen LogP contribution in [0.15, 0.2) is 96.0 Å². The van der Waals surface area contributed by atoms with E-state index in [2.05, 4.69) is 41.1 Å². The van der Waals surface area contributed by atoms with Crippen LogP contribution < -0.4 is 0 Å². The first-order valence-electron chi connectivity index (χ1n) is 12.6. The molecule has 37 heavy (non-hydrogen) atoms. The molecule has 0 N–H and O–H groups in total. The Kier molecular flexibility index (Phi) is 7.35. The highest BCUT2D eigenvalue weighted by Crippen LogP contribution is 2.24. The molecule has 190 valence electrons. The van der Waals surface area contributed by atoms with Crippen molar-refractivity contribution in [2.45, 2.75) is 23.5 Å². The van der Waals surface area contributed by atoms with E-state index in [4.69, 9.17) is 0 Å². The zero-order chi connectivity index (χ0) is 25.8. The van der Waals surface area contributed by atoms with Crippen molar-refractivity contribution in [3.05, 3.63) is 108 Å². The van der Waals surface area contributed by atoms with Crippen molar-refractivity contribution in [2.75, 3.05) is 32.7 Å². The SMILES string of the molecule is CC(CN1CCN(C(=O)c2ccc(CS(=O)(=O)c3cccc4cccnc34)cc2)CC1)c1ccccc1. The fourth-order valence-electron chi connectivity index (χ4n) is 4.96. The molecule has 0 bridgehead atoms. The lowest BCUT2D eigenvalue weighted by molar-refractivity contribution is 0.0631. The molecule has 0 saturated carbocycles. The largest absolute Gasteiger partial charge is 0.336 e. The van der Waals surface area contributed by atoms with E-state index in [-0.39, 0.29) is 16.6 Å². The van der Waals surface area contributed by atoms with Gasteiger partial charge in [0.05, 0.1) is 16.2 Å². The molecule has 6 nitrogen and oxygen atoms in total. The minimum atomic E-state index is -3.59. The van der Waals surface area contributed by atoms with Crippen LogP contribution in [0.4, 0.5) is 0 Å². The van der Waals surface area contributed by atoms with Crippen molar-refractivity contribution < 1.29 is 13.2 Å². The van der Waals surface area contributed by atoms with Gasteiger partial charge in [0.2, 0.25) is 0 Å². The maximum Gasteiger partial charge on any atom is 0.253 e. The number of aromatic nitrogens is 1. The molecule has 1 aromatic heterocycles. The molecule has 1 aliphatic rings. The Bertz CT molecular complexity index is 1470. The lowest BCUT2D eigenvalue weighted by atomic mass is 10.0. The number of carbonyl (C=O) groups is 1. The minimum absolute atomic E-state index is 0.0107. The Morgan fingerprint density at radius 1 is 0.865 bits per heavy atom. The Balaban J connectivity index is 1.19. The second-order valence-corrected chi connectivity index (χ2v) is 11.6. The number of hydrogen-bond acceptors (Lipinski definition) is 5. The van der Waals surface area contributed by atoms with E-state index in [9.17, 15) is 13.2 Å². The summed E-state index contributed by atoms with van der Waals surface area (Å²) in [5, 5.41) is 0.791.